The Balaban J connectivity index is 2.21. The van der Waals surface area contributed by atoms with Crippen LogP contribution in [-0.2, 0) is 4.79 Å². The summed E-state index contributed by atoms with van der Waals surface area (Å²) >= 11 is 7.59. The van der Waals surface area contributed by atoms with Gasteiger partial charge in [-0.05, 0) is 19.1 Å². The molecule has 22 heavy (non-hydrogen) atoms. The summed E-state index contributed by atoms with van der Waals surface area (Å²) in [6.07, 6.45) is 10.3. The number of terminal acetylenes is 1. The average molecular weight is 335 g/mol. The summed E-state index contributed by atoms with van der Waals surface area (Å²) in [6.45, 7) is 2.40. The second-order valence-electron chi connectivity index (χ2n) is 4.30. The Kier molecular flexibility index (Phi) is 5.87. The smallest absolute Gasteiger partial charge is 0.237 e. The predicted molar refractivity (Wildman–Crippen MR) is 90.6 cm³/mol. The van der Waals surface area contributed by atoms with Crippen molar-refractivity contribution < 1.29 is 4.79 Å². The number of pyridine rings is 1. The lowest BCUT2D eigenvalue weighted by molar-refractivity contribution is -0.116. The monoisotopic (exact) mass is 334 g/mol. The van der Waals surface area contributed by atoms with Gasteiger partial charge in [0.25, 0.3) is 0 Å². The fourth-order valence-corrected chi connectivity index (χ4v) is 2.69. The van der Waals surface area contributed by atoms with Gasteiger partial charge in [0.1, 0.15) is 5.69 Å². The zero-order valence-corrected chi connectivity index (χ0v) is 13.6. The first-order valence-corrected chi connectivity index (χ1v) is 8.17. The van der Waals surface area contributed by atoms with Crippen molar-refractivity contribution in [3.05, 3.63) is 35.9 Å². The third-order valence-corrected chi connectivity index (χ3v) is 3.97. The van der Waals surface area contributed by atoms with Crippen LogP contribution >= 0.6 is 23.4 Å². The first-order chi connectivity index (χ1) is 10.7. The molecular formula is C15H15ClN4OS. The van der Waals surface area contributed by atoms with Crippen LogP contribution in [-0.4, -0.2) is 38.7 Å². The SMILES string of the molecule is C#CCSCC(=O)N(CC)c1cn(-c2cccnc2)nc1Cl. The minimum atomic E-state index is -0.0459. The summed E-state index contributed by atoms with van der Waals surface area (Å²) in [5, 5.41) is 4.52. The van der Waals surface area contributed by atoms with Gasteiger partial charge in [0.15, 0.2) is 5.15 Å². The van der Waals surface area contributed by atoms with Crippen LogP contribution in [0.5, 0.6) is 0 Å². The number of aromatic nitrogens is 3. The van der Waals surface area contributed by atoms with E-state index in [0.717, 1.165) is 5.69 Å². The molecule has 2 aromatic heterocycles. The normalized spacial score (nSPS) is 10.2. The Labute approximate surface area is 138 Å². The summed E-state index contributed by atoms with van der Waals surface area (Å²) in [6, 6.07) is 3.67. The number of halogens is 1. The average Bonchev–Trinajstić information content (AvgIpc) is 2.91. The molecule has 0 aliphatic heterocycles. The highest BCUT2D eigenvalue weighted by molar-refractivity contribution is 8.00. The predicted octanol–water partition coefficient (Wildman–Crippen LogP) is 2.64. The fraction of sp³-hybridized carbons (Fsp3) is 0.267. The molecule has 0 fully saturated rings. The van der Waals surface area contributed by atoms with Gasteiger partial charge in [0.2, 0.25) is 5.91 Å². The van der Waals surface area contributed by atoms with E-state index in [1.165, 1.54) is 11.8 Å². The van der Waals surface area contributed by atoms with Crippen LogP contribution in [0.2, 0.25) is 5.15 Å². The third kappa shape index (κ3) is 3.81. The molecule has 0 N–H and O–H groups in total. The molecule has 114 valence electrons. The van der Waals surface area contributed by atoms with E-state index in [2.05, 4.69) is 16.0 Å². The molecule has 0 radical (unpaired) electrons. The molecule has 2 rings (SSSR count). The number of nitrogens with zero attached hydrogens (tertiary/aromatic N) is 4. The maximum absolute atomic E-state index is 12.3. The lowest BCUT2D eigenvalue weighted by atomic mass is 10.4. The van der Waals surface area contributed by atoms with Crippen molar-refractivity contribution in [3.8, 4) is 18.0 Å². The van der Waals surface area contributed by atoms with Crippen LogP contribution in [0.4, 0.5) is 5.69 Å². The van der Waals surface area contributed by atoms with Gasteiger partial charge in [-0.15, -0.1) is 18.2 Å². The number of carbonyl (C=O) groups is 1. The lowest BCUT2D eigenvalue weighted by Gasteiger charge is -2.19. The zero-order chi connectivity index (χ0) is 15.9. The van der Waals surface area contributed by atoms with Crippen molar-refractivity contribution >= 4 is 35.0 Å². The third-order valence-electron chi connectivity index (χ3n) is 2.88. The van der Waals surface area contributed by atoms with Gasteiger partial charge in [-0.3, -0.25) is 9.78 Å². The standard InChI is InChI=1S/C15H15ClN4OS/c1-3-8-22-11-14(21)19(4-2)13-10-20(18-15(13)16)12-6-5-7-17-9-12/h1,5-7,9-10H,4,8,11H2,2H3. The van der Waals surface area contributed by atoms with E-state index in [1.807, 2.05) is 19.1 Å². The van der Waals surface area contributed by atoms with E-state index in [1.54, 1.807) is 28.2 Å². The van der Waals surface area contributed by atoms with E-state index >= 15 is 0 Å². The minimum Gasteiger partial charge on any atom is -0.308 e. The molecule has 0 spiro atoms. The van der Waals surface area contributed by atoms with E-state index in [4.69, 9.17) is 18.0 Å². The number of hydrogen-bond donors (Lipinski definition) is 0. The second-order valence-corrected chi connectivity index (χ2v) is 5.64. The number of rotatable bonds is 6. The van der Waals surface area contributed by atoms with Crippen LogP contribution in [0.3, 0.4) is 0 Å². The molecule has 0 saturated carbocycles. The van der Waals surface area contributed by atoms with Crippen molar-refractivity contribution in [1.82, 2.24) is 14.8 Å². The Hall–Kier alpha value is -1.97. The molecule has 2 aromatic rings. The highest BCUT2D eigenvalue weighted by Crippen LogP contribution is 2.26. The number of amides is 1. The zero-order valence-electron chi connectivity index (χ0n) is 12.1. The van der Waals surface area contributed by atoms with Gasteiger partial charge in [-0.25, -0.2) is 4.68 Å². The quantitative estimate of drug-likeness (QED) is 0.602. The summed E-state index contributed by atoms with van der Waals surface area (Å²) in [5.74, 6) is 3.27. The van der Waals surface area contributed by atoms with E-state index in [0.29, 0.717) is 23.7 Å². The molecule has 0 aromatic carbocycles. The Bertz CT molecular complexity index is 681. The maximum atomic E-state index is 12.3. The van der Waals surface area contributed by atoms with Gasteiger partial charge in [-0.2, -0.15) is 5.10 Å². The van der Waals surface area contributed by atoms with E-state index in [-0.39, 0.29) is 11.1 Å². The highest BCUT2D eigenvalue weighted by atomic mass is 35.5. The van der Waals surface area contributed by atoms with Crippen molar-refractivity contribution in [2.75, 3.05) is 23.0 Å². The summed E-state index contributed by atoms with van der Waals surface area (Å²) in [5.41, 5.74) is 1.36. The largest absolute Gasteiger partial charge is 0.308 e. The van der Waals surface area contributed by atoms with Gasteiger partial charge in [0, 0.05) is 12.7 Å². The van der Waals surface area contributed by atoms with Crippen LogP contribution in [0, 0.1) is 12.3 Å². The van der Waals surface area contributed by atoms with E-state index < -0.39 is 0 Å². The Morgan fingerprint density at radius 1 is 1.59 bits per heavy atom. The van der Waals surface area contributed by atoms with Crippen molar-refractivity contribution in [1.29, 1.82) is 0 Å². The molecule has 7 heteroatoms. The molecule has 0 saturated heterocycles. The molecule has 1 amide bonds. The summed E-state index contributed by atoms with van der Waals surface area (Å²) in [7, 11) is 0. The number of anilines is 1. The number of hydrogen-bond acceptors (Lipinski definition) is 4. The maximum Gasteiger partial charge on any atom is 0.237 e. The first-order valence-electron chi connectivity index (χ1n) is 6.64. The molecule has 2 heterocycles. The molecule has 0 aliphatic rings. The van der Waals surface area contributed by atoms with Crippen LogP contribution in [0.15, 0.2) is 30.7 Å². The van der Waals surface area contributed by atoms with Gasteiger partial charge in [0.05, 0.1) is 29.6 Å². The molecule has 0 aliphatic carbocycles. The first kappa shape index (κ1) is 16.4. The minimum absolute atomic E-state index is 0.0459. The van der Waals surface area contributed by atoms with Crippen LogP contribution < -0.4 is 4.90 Å². The van der Waals surface area contributed by atoms with E-state index in [9.17, 15) is 4.79 Å². The number of thioether (sulfide) groups is 1. The summed E-state index contributed by atoms with van der Waals surface area (Å²) in [4.78, 5) is 17.9. The Morgan fingerprint density at radius 3 is 3.05 bits per heavy atom. The molecular weight excluding hydrogens is 320 g/mol. The number of carbonyl (C=O) groups excluding carboxylic acids is 1. The molecule has 5 nitrogen and oxygen atoms in total. The highest BCUT2D eigenvalue weighted by Gasteiger charge is 2.20. The van der Waals surface area contributed by atoms with Gasteiger partial charge < -0.3 is 4.90 Å². The van der Waals surface area contributed by atoms with Crippen molar-refractivity contribution in [3.63, 3.8) is 0 Å². The van der Waals surface area contributed by atoms with Gasteiger partial charge in [-0.1, -0.05) is 17.5 Å². The van der Waals surface area contributed by atoms with Crippen LogP contribution in [0.1, 0.15) is 6.92 Å². The van der Waals surface area contributed by atoms with Crippen LogP contribution in [0.25, 0.3) is 5.69 Å². The second kappa shape index (κ2) is 7.87. The lowest BCUT2D eigenvalue weighted by Crippen LogP contribution is -2.32. The van der Waals surface area contributed by atoms with Crippen molar-refractivity contribution in [2.24, 2.45) is 0 Å². The van der Waals surface area contributed by atoms with Gasteiger partial charge >= 0.3 is 0 Å². The molecule has 0 atom stereocenters. The fourth-order valence-electron chi connectivity index (χ4n) is 1.90. The molecule has 0 bridgehead atoms. The summed E-state index contributed by atoms with van der Waals surface area (Å²) < 4.78 is 1.61. The topological polar surface area (TPSA) is 51.0 Å². The van der Waals surface area contributed by atoms with Crippen molar-refractivity contribution in [2.45, 2.75) is 6.92 Å². The Morgan fingerprint density at radius 2 is 2.41 bits per heavy atom. The molecule has 0 unspecified atom stereocenters.